The molecule has 5 rings (SSSR count). The molecule has 1 aromatic rings. The van der Waals surface area contributed by atoms with E-state index in [4.69, 9.17) is 0 Å². The summed E-state index contributed by atoms with van der Waals surface area (Å²) in [7, 11) is 4.43. The predicted octanol–water partition coefficient (Wildman–Crippen LogP) is 4.94. The minimum Gasteiger partial charge on any atom is -0.309 e. The number of hydrogen-bond acceptors (Lipinski definition) is 1. The van der Waals surface area contributed by atoms with E-state index in [2.05, 4.69) is 49.3 Å². The van der Waals surface area contributed by atoms with E-state index in [1.807, 2.05) is 0 Å². The van der Waals surface area contributed by atoms with Crippen molar-refractivity contribution in [3.05, 3.63) is 35.9 Å². The van der Waals surface area contributed by atoms with Gasteiger partial charge in [-0.05, 0) is 100 Å². The van der Waals surface area contributed by atoms with Gasteiger partial charge in [-0.25, -0.2) is 0 Å². The summed E-state index contributed by atoms with van der Waals surface area (Å²) in [6.45, 7) is 1.25. The molecule has 1 nitrogen and oxygen atoms in total. The van der Waals surface area contributed by atoms with Crippen LogP contribution in [0.25, 0.3) is 0 Å². The summed E-state index contributed by atoms with van der Waals surface area (Å²) < 4.78 is 0. The van der Waals surface area contributed by atoms with E-state index in [1.54, 1.807) is 12.0 Å². The highest BCUT2D eigenvalue weighted by Crippen LogP contribution is 2.67. The van der Waals surface area contributed by atoms with Gasteiger partial charge in [0.2, 0.25) is 0 Å². The zero-order chi connectivity index (χ0) is 15.2. The van der Waals surface area contributed by atoms with Gasteiger partial charge in [0.15, 0.2) is 0 Å². The molecular weight excluding hydrogens is 266 g/mol. The highest BCUT2D eigenvalue weighted by Gasteiger charge is 2.56. The number of rotatable bonds is 5. The second-order valence-corrected chi connectivity index (χ2v) is 8.77. The van der Waals surface area contributed by atoms with Crippen molar-refractivity contribution >= 4 is 0 Å². The predicted molar refractivity (Wildman–Crippen MR) is 93.0 cm³/mol. The Morgan fingerprint density at radius 1 is 1.00 bits per heavy atom. The van der Waals surface area contributed by atoms with Crippen molar-refractivity contribution in [1.82, 2.24) is 4.90 Å². The van der Waals surface area contributed by atoms with Crippen molar-refractivity contribution in [3.63, 3.8) is 0 Å². The number of nitrogens with zero attached hydrogens (tertiary/aromatic N) is 1. The average molecular weight is 297 g/mol. The lowest BCUT2D eigenvalue weighted by molar-refractivity contribution is -0.0814. The lowest BCUT2D eigenvalue weighted by Gasteiger charge is -2.62. The Labute approximate surface area is 136 Å². The van der Waals surface area contributed by atoms with Crippen molar-refractivity contribution < 1.29 is 0 Å². The van der Waals surface area contributed by atoms with Crippen LogP contribution in [0, 0.1) is 23.2 Å². The second kappa shape index (κ2) is 5.67. The molecule has 0 saturated heterocycles. The van der Waals surface area contributed by atoms with Gasteiger partial charge in [-0.2, -0.15) is 0 Å². The molecule has 22 heavy (non-hydrogen) atoms. The first-order valence-electron chi connectivity index (χ1n) is 9.36. The molecule has 4 fully saturated rings. The Balaban J connectivity index is 1.62. The first kappa shape index (κ1) is 14.8. The summed E-state index contributed by atoms with van der Waals surface area (Å²) in [5.74, 6) is 3.94. The maximum absolute atomic E-state index is 2.42. The smallest absolute Gasteiger partial charge is 0.00246 e. The van der Waals surface area contributed by atoms with E-state index < -0.39 is 0 Å². The molecule has 1 aromatic carbocycles. The molecule has 4 bridgehead atoms. The molecule has 0 amide bonds. The van der Waals surface area contributed by atoms with Crippen LogP contribution in [-0.4, -0.2) is 25.5 Å². The van der Waals surface area contributed by atoms with E-state index in [1.165, 1.54) is 45.1 Å². The minimum atomic E-state index is 0.631. The van der Waals surface area contributed by atoms with Crippen molar-refractivity contribution in [2.24, 2.45) is 23.2 Å². The lowest BCUT2D eigenvalue weighted by Crippen LogP contribution is -2.51. The molecule has 0 heterocycles. The highest BCUT2D eigenvalue weighted by atomic mass is 15.0. The van der Waals surface area contributed by atoms with Gasteiger partial charge in [0.05, 0.1) is 0 Å². The van der Waals surface area contributed by atoms with Crippen LogP contribution >= 0.6 is 0 Å². The van der Waals surface area contributed by atoms with Crippen LogP contribution in [0.5, 0.6) is 0 Å². The molecule has 4 aliphatic carbocycles. The second-order valence-electron chi connectivity index (χ2n) is 8.77. The van der Waals surface area contributed by atoms with Crippen molar-refractivity contribution in [2.45, 2.75) is 50.9 Å². The molecular formula is C21H31N. The van der Waals surface area contributed by atoms with Gasteiger partial charge in [-0.1, -0.05) is 30.3 Å². The highest BCUT2D eigenvalue weighted by molar-refractivity contribution is 5.27. The third-order valence-electron chi connectivity index (χ3n) is 6.90. The molecule has 4 saturated carbocycles. The monoisotopic (exact) mass is 297 g/mol. The molecule has 1 heteroatoms. The maximum Gasteiger partial charge on any atom is -0.00246 e. The van der Waals surface area contributed by atoms with Crippen LogP contribution in [0.2, 0.25) is 0 Å². The van der Waals surface area contributed by atoms with Crippen molar-refractivity contribution in [2.75, 3.05) is 20.6 Å². The van der Waals surface area contributed by atoms with E-state index >= 15 is 0 Å². The van der Waals surface area contributed by atoms with E-state index in [0.717, 1.165) is 23.7 Å². The van der Waals surface area contributed by atoms with Crippen LogP contribution in [0.15, 0.2) is 30.3 Å². The summed E-state index contributed by atoms with van der Waals surface area (Å²) in [6.07, 6.45) is 10.5. The third kappa shape index (κ3) is 2.52. The third-order valence-corrected chi connectivity index (χ3v) is 6.90. The van der Waals surface area contributed by atoms with Crippen LogP contribution in [0.3, 0.4) is 0 Å². The minimum absolute atomic E-state index is 0.631. The molecule has 4 aliphatic rings. The van der Waals surface area contributed by atoms with Crippen LogP contribution in [0.4, 0.5) is 0 Å². The molecule has 3 atom stereocenters. The Kier molecular flexibility index (Phi) is 3.80. The maximum atomic E-state index is 2.42. The number of benzene rings is 1. The van der Waals surface area contributed by atoms with Gasteiger partial charge in [0.1, 0.15) is 0 Å². The Morgan fingerprint density at radius 2 is 1.68 bits per heavy atom. The lowest BCUT2D eigenvalue weighted by atomic mass is 9.43. The first-order valence-corrected chi connectivity index (χ1v) is 9.36. The van der Waals surface area contributed by atoms with Crippen LogP contribution < -0.4 is 0 Å². The Hall–Kier alpha value is -0.820. The van der Waals surface area contributed by atoms with Crippen LogP contribution in [0.1, 0.15) is 56.4 Å². The fraction of sp³-hybridized carbons (Fsp3) is 0.714. The van der Waals surface area contributed by atoms with Gasteiger partial charge in [0.25, 0.3) is 0 Å². The molecule has 120 valence electrons. The summed E-state index contributed by atoms with van der Waals surface area (Å²) in [5.41, 5.74) is 2.28. The zero-order valence-electron chi connectivity index (χ0n) is 14.3. The van der Waals surface area contributed by atoms with E-state index in [9.17, 15) is 0 Å². The zero-order valence-corrected chi connectivity index (χ0v) is 14.3. The summed E-state index contributed by atoms with van der Waals surface area (Å²) in [4.78, 5) is 2.36. The van der Waals surface area contributed by atoms with Gasteiger partial charge >= 0.3 is 0 Å². The summed E-state index contributed by atoms with van der Waals surface area (Å²) in [6, 6.07) is 11.5. The molecule has 0 spiro atoms. The molecule has 3 unspecified atom stereocenters. The topological polar surface area (TPSA) is 3.24 Å². The van der Waals surface area contributed by atoms with E-state index in [0.29, 0.717) is 5.41 Å². The van der Waals surface area contributed by atoms with Crippen molar-refractivity contribution in [1.29, 1.82) is 0 Å². The van der Waals surface area contributed by atoms with Gasteiger partial charge in [0, 0.05) is 0 Å². The largest absolute Gasteiger partial charge is 0.309 e. The summed E-state index contributed by atoms with van der Waals surface area (Å²) in [5, 5.41) is 0. The van der Waals surface area contributed by atoms with Gasteiger partial charge < -0.3 is 4.90 Å². The van der Waals surface area contributed by atoms with E-state index in [-0.39, 0.29) is 0 Å². The Morgan fingerprint density at radius 3 is 2.32 bits per heavy atom. The Bertz CT molecular complexity index is 492. The quantitative estimate of drug-likeness (QED) is 0.744. The molecule has 0 aliphatic heterocycles. The first-order chi connectivity index (χ1) is 10.7. The molecule has 0 radical (unpaired) electrons. The molecule has 0 aromatic heterocycles. The van der Waals surface area contributed by atoms with Gasteiger partial charge in [-0.3, -0.25) is 0 Å². The fourth-order valence-electron chi connectivity index (χ4n) is 6.60. The van der Waals surface area contributed by atoms with Crippen molar-refractivity contribution in [3.8, 4) is 0 Å². The SMILES string of the molecule is CN(C)CCCC12CC3CC(CC(C3)C1c1ccccc1)C2. The van der Waals surface area contributed by atoms with Gasteiger partial charge in [-0.15, -0.1) is 0 Å². The summed E-state index contributed by atoms with van der Waals surface area (Å²) >= 11 is 0. The fourth-order valence-corrected chi connectivity index (χ4v) is 6.60. The standard InChI is InChI=1S/C21H31N/c1-22(2)10-6-9-21-14-16-11-17(15-21)13-19(12-16)20(21)18-7-4-3-5-8-18/h3-5,7-8,16-17,19-20H,6,9-15H2,1-2H3. The normalized spacial score (nSPS) is 39.6. The molecule has 0 N–H and O–H groups in total. The number of hydrogen-bond donors (Lipinski definition) is 0. The average Bonchev–Trinajstić information content (AvgIpc) is 2.46. The van der Waals surface area contributed by atoms with Crippen LogP contribution in [-0.2, 0) is 0 Å².